The fourth-order valence-corrected chi connectivity index (χ4v) is 8.65. The molecule has 0 aliphatic heterocycles. The molecule has 0 fully saturated rings. The molecule has 0 aromatic heterocycles. The predicted molar refractivity (Wildman–Crippen MR) is 222 cm³/mol. The van der Waals surface area contributed by atoms with E-state index < -0.39 is 0 Å². The van der Waals surface area contributed by atoms with Crippen LogP contribution in [-0.4, -0.2) is 0 Å². The second-order valence-electron chi connectivity index (χ2n) is 14.5. The van der Waals surface area contributed by atoms with Crippen LogP contribution < -0.4 is 4.90 Å². The highest BCUT2D eigenvalue weighted by atomic mass is 15.1. The van der Waals surface area contributed by atoms with Crippen LogP contribution >= 0.6 is 0 Å². The summed E-state index contributed by atoms with van der Waals surface area (Å²) in [6.07, 6.45) is 0. The Balaban J connectivity index is 1.16. The lowest BCUT2D eigenvalue weighted by Gasteiger charge is -2.30. The van der Waals surface area contributed by atoms with E-state index >= 15 is 0 Å². The quantitative estimate of drug-likeness (QED) is 0.166. The van der Waals surface area contributed by atoms with Crippen LogP contribution in [-0.2, 0) is 5.41 Å². The van der Waals surface area contributed by atoms with E-state index in [2.05, 4.69) is 207 Å². The molecule has 52 heavy (non-hydrogen) atoms. The van der Waals surface area contributed by atoms with Crippen LogP contribution in [0.15, 0.2) is 188 Å². The molecule has 0 saturated carbocycles. The van der Waals surface area contributed by atoms with Gasteiger partial charge in [0.1, 0.15) is 0 Å². The second kappa shape index (κ2) is 11.8. The largest absolute Gasteiger partial charge is 0.310 e. The summed E-state index contributed by atoms with van der Waals surface area (Å²) in [5.41, 5.74) is 13.6. The minimum absolute atomic E-state index is 0.217. The van der Waals surface area contributed by atoms with Crippen molar-refractivity contribution in [3.8, 4) is 33.4 Å². The minimum Gasteiger partial charge on any atom is -0.310 e. The van der Waals surface area contributed by atoms with Gasteiger partial charge in [-0.05, 0) is 114 Å². The van der Waals surface area contributed by atoms with Gasteiger partial charge in [0.15, 0.2) is 0 Å². The normalized spacial score (nSPS) is 13.0. The number of hydrogen-bond donors (Lipinski definition) is 0. The number of nitrogens with zero attached hydrogens (tertiary/aromatic N) is 1. The number of para-hydroxylation sites is 1. The van der Waals surface area contributed by atoms with Crippen LogP contribution in [0.4, 0.5) is 17.1 Å². The standard InChI is InChI=1S/C51H37N/c1-51(2)47-32-37(46-31-36-17-9-10-20-40(36)41-21-11-12-22-42(41)46)27-30-45(47)50-44-24-14-13-23-43(44)49(33-48(50)51)52(38-18-7-4-8-19-38)39-28-25-35(26-29-39)34-15-5-3-6-16-34/h3-33H,1-2H3. The van der Waals surface area contributed by atoms with E-state index in [4.69, 9.17) is 0 Å². The van der Waals surface area contributed by atoms with Gasteiger partial charge in [-0.15, -0.1) is 0 Å². The predicted octanol–water partition coefficient (Wildman–Crippen LogP) is 14.3. The summed E-state index contributed by atoms with van der Waals surface area (Å²) in [4.78, 5) is 2.43. The summed E-state index contributed by atoms with van der Waals surface area (Å²) < 4.78 is 0. The Hall–Kier alpha value is -6.44. The Kier molecular flexibility index (Phi) is 6.91. The molecule has 1 aliphatic carbocycles. The Bertz CT molecular complexity index is 2790. The van der Waals surface area contributed by atoms with E-state index in [1.165, 1.54) is 82.5 Å². The maximum absolute atomic E-state index is 2.47. The molecule has 1 heteroatoms. The SMILES string of the molecule is CC1(C)c2cc(-c3cc4ccccc4c4ccccc34)ccc2-c2c1cc(N(c1ccccc1)c1ccc(-c3ccccc3)cc1)c1ccccc21. The molecule has 0 amide bonds. The smallest absolute Gasteiger partial charge is 0.0543 e. The van der Waals surface area contributed by atoms with E-state index in [-0.39, 0.29) is 5.41 Å². The lowest BCUT2D eigenvalue weighted by Crippen LogP contribution is -2.17. The molecule has 0 spiro atoms. The third kappa shape index (κ3) is 4.70. The number of fused-ring (bicyclic) bond motifs is 8. The third-order valence-electron chi connectivity index (χ3n) is 11.2. The molecule has 0 bridgehead atoms. The molecule has 0 radical (unpaired) electrons. The van der Waals surface area contributed by atoms with E-state index in [0.717, 1.165) is 11.4 Å². The first-order valence-corrected chi connectivity index (χ1v) is 18.2. The van der Waals surface area contributed by atoms with E-state index in [1.54, 1.807) is 0 Å². The Morgan fingerprint density at radius 1 is 0.365 bits per heavy atom. The molecule has 246 valence electrons. The van der Waals surface area contributed by atoms with Crippen LogP contribution in [0.2, 0.25) is 0 Å². The van der Waals surface area contributed by atoms with Crippen LogP contribution in [0.25, 0.3) is 65.7 Å². The first kappa shape index (κ1) is 30.4. The van der Waals surface area contributed by atoms with Gasteiger partial charge in [0.2, 0.25) is 0 Å². The molecule has 1 nitrogen and oxygen atoms in total. The van der Waals surface area contributed by atoms with Crippen molar-refractivity contribution in [3.05, 3.63) is 199 Å². The fourth-order valence-electron chi connectivity index (χ4n) is 8.65. The molecule has 10 rings (SSSR count). The zero-order chi connectivity index (χ0) is 34.8. The zero-order valence-electron chi connectivity index (χ0n) is 29.3. The van der Waals surface area contributed by atoms with Crippen molar-refractivity contribution in [1.29, 1.82) is 0 Å². The average Bonchev–Trinajstić information content (AvgIpc) is 3.44. The van der Waals surface area contributed by atoms with E-state index in [0.29, 0.717) is 0 Å². The van der Waals surface area contributed by atoms with Crippen molar-refractivity contribution >= 4 is 49.4 Å². The first-order chi connectivity index (χ1) is 25.6. The van der Waals surface area contributed by atoms with E-state index in [9.17, 15) is 0 Å². The molecule has 0 atom stereocenters. The van der Waals surface area contributed by atoms with Gasteiger partial charge in [0, 0.05) is 22.2 Å². The van der Waals surface area contributed by atoms with Crippen molar-refractivity contribution in [2.75, 3.05) is 4.90 Å². The van der Waals surface area contributed by atoms with Crippen molar-refractivity contribution in [2.45, 2.75) is 19.3 Å². The molecule has 0 saturated heterocycles. The summed E-state index contributed by atoms with van der Waals surface area (Å²) >= 11 is 0. The molecule has 1 aliphatic rings. The lowest BCUT2D eigenvalue weighted by molar-refractivity contribution is 0.661. The van der Waals surface area contributed by atoms with Gasteiger partial charge >= 0.3 is 0 Å². The summed E-state index contributed by atoms with van der Waals surface area (Å²) in [5, 5.41) is 7.68. The fraction of sp³-hybridized carbons (Fsp3) is 0.0588. The summed E-state index contributed by atoms with van der Waals surface area (Å²) in [7, 11) is 0. The van der Waals surface area contributed by atoms with Crippen molar-refractivity contribution in [2.24, 2.45) is 0 Å². The molecular formula is C51H37N. The second-order valence-corrected chi connectivity index (χ2v) is 14.5. The minimum atomic E-state index is -0.217. The highest BCUT2D eigenvalue weighted by Gasteiger charge is 2.38. The van der Waals surface area contributed by atoms with Crippen molar-refractivity contribution in [1.82, 2.24) is 0 Å². The van der Waals surface area contributed by atoms with Gasteiger partial charge in [0.05, 0.1) is 5.69 Å². The van der Waals surface area contributed by atoms with Crippen molar-refractivity contribution in [3.63, 3.8) is 0 Å². The van der Waals surface area contributed by atoms with Gasteiger partial charge in [-0.2, -0.15) is 0 Å². The number of hydrogen-bond acceptors (Lipinski definition) is 1. The first-order valence-electron chi connectivity index (χ1n) is 18.2. The number of benzene rings is 9. The summed E-state index contributed by atoms with van der Waals surface area (Å²) in [6, 6.07) is 69.0. The van der Waals surface area contributed by atoms with Gasteiger partial charge in [-0.1, -0.05) is 159 Å². The summed E-state index contributed by atoms with van der Waals surface area (Å²) in [5.74, 6) is 0. The number of rotatable bonds is 5. The van der Waals surface area contributed by atoms with E-state index in [1.807, 2.05) is 0 Å². The topological polar surface area (TPSA) is 3.24 Å². The molecule has 0 unspecified atom stereocenters. The van der Waals surface area contributed by atoms with Crippen LogP contribution in [0.1, 0.15) is 25.0 Å². The highest BCUT2D eigenvalue weighted by molar-refractivity contribution is 6.14. The molecule has 0 N–H and O–H groups in total. The summed E-state index contributed by atoms with van der Waals surface area (Å²) in [6.45, 7) is 4.81. The average molecular weight is 664 g/mol. The maximum Gasteiger partial charge on any atom is 0.0543 e. The van der Waals surface area contributed by atoms with Crippen molar-refractivity contribution < 1.29 is 0 Å². The van der Waals surface area contributed by atoms with Crippen LogP contribution in [0.5, 0.6) is 0 Å². The molecule has 9 aromatic carbocycles. The van der Waals surface area contributed by atoms with Gasteiger partial charge in [0.25, 0.3) is 0 Å². The molecule has 9 aromatic rings. The highest BCUT2D eigenvalue weighted by Crippen LogP contribution is 2.55. The van der Waals surface area contributed by atoms with Gasteiger partial charge in [-0.3, -0.25) is 0 Å². The van der Waals surface area contributed by atoms with Crippen LogP contribution in [0, 0.1) is 0 Å². The molecular weight excluding hydrogens is 627 g/mol. The lowest BCUT2D eigenvalue weighted by atomic mass is 9.80. The Morgan fingerprint density at radius 3 is 1.67 bits per heavy atom. The monoisotopic (exact) mass is 663 g/mol. The molecule has 0 heterocycles. The maximum atomic E-state index is 2.47. The Morgan fingerprint density at radius 2 is 0.923 bits per heavy atom. The van der Waals surface area contributed by atoms with Gasteiger partial charge in [-0.25, -0.2) is 0 Å². The van der Waals surface area contributed by atoms with Gasteiger partial charge < -0.3 is 4.90 Å². The Labute approximate surface area is 305 Å². The number of anilines is 3. The third-order valence-corrected chi connectivity index (χ3v) is 11.2. The zero-order valence-corrected chi connectivity index (χ0v) is 29.3. The van der Waals surface area contributed by atoms with Crippen LogP contribution in [0.3, 0.4) is 0 Å².